The first-order chi connectivity index (χ1) is 26.6. The molecule has 55 heavy (non-hydrogen) atoms. The molecule has 0 saturated heterocycles. The summed E-state index contributed by atoms with van der Waals surface area (Å²) in [5.41, 5.74) is 5.61. The van der Waals surface area contributed by atoms with Crippen LogP contribution in [0.25, 0.3) is 33.4 Å². The van der Waals surface area contributed by atoms with Gasteiger partial charge >= 0.3 is 5.97 Å². The number of carbonyl (C=O) groups excluding carboxylic acids is 3. The molecular weight excluding hydrogens is 751 g/mol. The standard InChI is InChI=1S/C40H40Cl2N4O9/c1-52-20-26(19-47)43-13-15-45-32-11-9-24(17-34(32)54-22-36(45)48)27-5-3-7-29(38(27)41)30-8-4-6-28(39(30)42)25-10-12-33-35(18-25)55-23-37(49)46(33)16-14-44-31(21-53-2)40(50)51/h3-12,17-19,26,31,43-44H,13-16,20-23H2,1-2H3,(H,50,51). The first-order valence-corrected chi connectivity index (χ1v) is 18.3. The maximum absolute atomic E-state index is 12.8. The van der Waals surface area contributed by atoms with Crippen LogP contribution in [0.5, 0.6) is 11.5 Å². The number of hydrogen-bond acceptors (Lipinski definition) is 10. The Hall–Kier alpha value is -5.02. The molecule has 4 aromatic rings. The van der Waals surface area contributed by atoms with Gasteiger partial charge in [0.05, 0.1) is 40.7 Å². The van der Waals surface area contributed by atoms with Gasteiger partial charge in [0.15, 0.2) is 13.2 Å². The summed E-state index contributed by atoms with van der Waals surface area (Å²) >= 11 is 14.3. The van der Waals surface area contributed by atoms with Crippen LogP contribution < -0.4 is 29.9 Å². The van der Waals surface area contributed by atoms with Crippen LogP contribution >= 0.6 is 23.2 Å². The summed E-state index contributed by atoms with van der Waals surface area (Å²) in [6.07, 6.45) is 0.779. The lowest BCUT2D eigenvalue weighted by Gasteiger charge is -2.30. The molecule has 0 aliphatic carbocycles. The molecule has 0 aromatic heterocycles. The van der Waals surface area contributed by atoms with Gasteiger partial charge in [-0.25, -0.2) is 0 Å². The monoisotopic (exact) mass is 790 g/mol. The summed E-state index contributed by atoms with van der Waals surface area (Å²) in [6.45, 7) is 1.12. The molecule has 13 nitrogen and oxygen atoms in total. The Kier molecular flexibility index (Phi) is 13.0. The number of aliphatic carboxylic acids is 1. The van der Waals surface area contributed by atoms with E-state index in [2.05, 4.69) is 10.6 Å². The van der Waals surface area contributed by atoms with E-state index in [0.29, 0.717) is 57.1 Å². The Bertz CT molecular complexity index is 2080. The van der Waals surface area contributed by atoms with E-state index < -0.39 is 18.1 Å². The van der Waals surface area contributed by atoms with E-state index in [1.54, 1.807) is 15.9 Å². The number of carboxylic acids is 1. The third-order valence-electron chi connectivity index (χ3n) is 9.33. The van der Waals surface area contributed by atoms with Crippen LogP contribution in [0.15, 0.2) is 72.8 Å². The van der Waals surface area contributed by atoms with E-state index in [1.165, 1.54) is 14.2 Å². The molecule has 2 atom stereocenters. The number of nitrogens with zero attached hydrogens (tertiary/aromatic N) is 2. The maximum Gasteiger partial charge on any atom is 0.323 e. The lowest BCUT2D eigenvalue weighted by Crippen LogP contribution is -2.47. The number of aldehydes is 1. The normalized spacial score (nSPS) is 14.8. The fourth-order valence-corrected chi connectivity index (χ4v) is 7.26. The molecule has 3 N–H and O–H groups in total. The highest BCUT2D eigenvalue weighted by molar-refractivity contribution is 6.39. The molecule has 2 heterocycles. The van der Waals surface area contributed by atoms with Crippen LogP contribution in [0.4, 0.5) is 11.4 Å². The van der Waals surface area contributed by atoms with E-state index in [4.69, 9.17) is 42.1 Å². The average Bonchev–Trinajstić information content (AvgIpc) is 3.18. The van der Waals surface area contributed by atoms with Crippen molar-refractivity contribution in [1.82, 2.24) is 10.6 Å². The molecule has 2 amide bonds. The summed E-state index contributed by atoms with van der Waals surface area (Å²) in [5.74, 6) is -0.450. The fraction of sp³-hybridized carbons (Fsp3) is 0.300. The van der Waals surface area contributed by atoms with Crippen molar-refractivity contribution >= 4 is 58.6 Å². The van der Waals surface area contributed by atoms with Crippen molar-refractivity contribution in [2.45, 2.75) is 12.1 Å². The number of fused-ring (bicyclic) bond motifs is 2. The van der Waals surface area contributed by atoms with E-state index in [1.807, 2.05) is 66.7 Å². The fourth-order valence-electron chi connectivity index (χ4n) is 6.58. The van der Waals surface area contributed by atoms with Crippen LogP contribution in [-0.2, 0) is 28.7 Å². The number of rotatable bonds is 17. The minimum Gasteiger partial charge on any atom is -0.482 e. The summed E-state index contributed by atoms with van der Waals surface area (Å²) in [6, 6.07) is 21.0. The number of methoxy groups -OCH3 is 2. The molecule has 6 rings (SSSR count). The van der Waals surface area contributed by atoms with E-state index in [9.17, 15) is 24.3 Å². The second-order valence-electron chi connectivity index (χ2n) is 12.8. The van der Waals surface area contributed by atoms with Crippen LogP contribution in [-0.4, -0.2) is 108 Å². The van der Waals surface area contributed by atoms with Crippen LogP contribution in [0.1, 0.15) is 0 Å². The Morgan fingerprint density at radius 3 is 1.69 bits per heavy atom. The largest absolute Gasteiger partial charge is 0.482 e. The minimum absolute atomic E-state index is 0.00650. The number of anilines is 2. The van der Waals surface area contributed by atoms with Gasteiger partial charge in [-0.15, -0.1) is 0 Å². The Morgan fingerprint density at radius 2 is 1.24 bits per heavy atom. The van der Waals surface area contributed by atoms with Gasteiger partial charge in [-0.1, -0.05) is 71.7 Å². The molecule has 0 fully saturated rings. The Balaban J connectivity index is 1.23. The molecule has 0 radical (unpaired) electrons. The van der Waals surface area contributed by atoms with Gasteiger partial charge in [-0.2, -0.15) is 0 Å². The van der Waals surface area contributed by atoms with Gasteiger partial charge in [-0.3, -0.25) is 14.4 Å². The van der Waals surface area contributed by atoms with Crippen molar-refractivity contribution in [3.8, 4) is 44.9 Å². The zero-order valence-corrected chi connectivity index (χ0v) is 31.7. The predicted molar refractivity (Wildman–Crippen MR) is 209 cm³/mol. The highest BCUT2D eigenvalue weighted by Crippen LogP contribution is 2.45. The van der Waals surface area contributed by atoms with Gasteiger partial charge in [0.25, 0.3) is 11.8 Å². The highest BCUT2D eigenvalue weighted by atomic mass is 35.5. The zero-order valence-electron chi connectivity index (χ0n) is 30.2. The van der Waals surface area contributed by atoms with Crippen LogP contribution in [0, 0.1) is 0 Å². The lowest BCUT2D eigenvalue weighted by molar-refractivity contribution is -0.140. The van der Waals surface area contributed by atoms with Crippen molar-refractivity contribution in [3.05, 3.63) is 82.8 Å². The molecule has 2 aliphatic rings. The van der Waals surface area contributed by atoms with Crippen molar-refractivity contribution < 1.29 is 43.2 Å². The highest BCUT2D eigenvalue weighted by Gasteiger charge is 2.28. The van der Waals surface area contributed by atoms with E-state index in [-0.39, 0.29) is 51.3 Å². The second kappa shape index (κ2) is 18.1. The summed E-state index contributed by atoms with van der Waals surface area (Å²) in [7, 11) is 2.95. The van der Waals surface area contributed by atoms with Gasteiger partial charge < -0.3 is 49.3 Å². The third kappa shape index (κ3) is 8.78. The van der Waals surface area contributed by atoms with Gasteiger partial charge in [0.2, 0.25) is 0 Å². The molecular formula is C40H40Cl2N4O9. The van der Waals surface area contributed by atoms with Crippen molar-refractivity contribution in [1.29, 1.82) is 0 Å². The molecule has 0 spiro atoms. The number of benzene rings is 4. The summed E-state index contributed by atoms with van der Waals surface area (Å²) in [5, 5.41) is 16.3. The first-order valence-electron chi connectivity index (χ1n) is 17.5. The van der Waals surface area contributed by atoms with Gasteiger partial charge in [-0.05, 0) is 35.4 Å². The number of halogens is 2. The van der Waals surface area contributed by atoms with Crippen LogP contribution in [0.3, 0.4) is 0 Å². The van der Waals surface area contributed by atoms with E-state index >= 15 is 0 Å². The third-order valence-corrected chi connectivity index (χ3v) is 10.1. The summed E-state index contributed by atoms with van der Waals surface area (Å²) < 4.78 is 21.7. The topological polar surface area (TPSA) is 156 Å². The molecule has 4 aromatic carbocycles. The number of hydrogen-bond donors (Lipinski definition) is 3. The van der Waals surface area contributed by atoms with Gasteiger partial charge in [0, 0.05) is 62.7 Å². The summed E-state index contributed by atoms with van der Waals surface area (Å²) in [4.78, 5) is 51.6. The SMILES string of the molecule is COCC(C=O)NCCN1C(=O)COc2cc(-c3cccc(-c4cccc(-c5ccc6c(c5)OCC(=O)N6CCNC(COC)C(=O)O)c4Cl)c3Cl)ccc21. The lowest BCUT2D eigenvalue weighted by atomic mass is 9.95. The molecule has 288 valence electrons. The van der Waals surface area contributed by atoms with Crippen molar-refractivity contribution in [2.75, 3.05) is 76.6 Å². The van der Waals surface area contributed by atoms with Crippen molar-refractivity contribution in [3.63, 3.8) is 0 Å². The number of ether oxygens (including phenoxy) is 4. The number of nitrogens with one attached hydrogen (secondary N) is 2. The molecule has 15 heteroatoms. The minimum atomic E-state index is -1.04. The zero-order chi connectivity index (χ0) is 39.1. The maximum atomic E-state index is 12.8. The molecule has 0 saturated carbocycles. The van der Waals surface area contributed by atoms with Crippen molar-refractivity contribution in [2.24, 2.45) is 0 Å². The van der Waals surface area contributed by atoms with E-state index in [0.717, 1.165) is 28.5 Å². The Morgan fingerprint density at radius 1 is 0.764 bits per heavy atom. The smallest absolute Gasteiger partial charge is 0.323 e. The number of carboxylic acid groups (broad SMARTS) is 1. The number of carbonyl (C=O) groups is 4. The predicted octanol–water partition coefficient (Wildman–Crippen LogP) is 4.94. The number of amides is 2. The van der Waals surface area contributed by atoms with Gasteiger partial charge in [0.1, 0.15) is 23.8 Å². The molecule has 2 aliphatic heterocycles. The van der Waals surface area contributed by atoms with Crippen LogP contribution in [0.2, 0.25) is 10.0 Å². The Labute approximate surface area is 328 Å². The quantitative estimate of drug-likeness (QED) is 0.125. The molecule has 2 unspecified atom stereocenters. The first kappa shape index (κ1) is 39.7. The average molecular weight is 792 g/mol. The second-order valence-corrected chi connectivity index (χ2v) is 13.6. The molecule has 0 bridgehead atoms.